The Morgan fingerprint density at radius 1 is 0.382 bits per heavy atom. The third kappa shape index (κ3) is 28.2. The molecule has 0 heterocycles. The average Bonchev–Trinajstić information content (AvgIpc) is 2.84. The third-order valence-corrected chi connectivity index (χ3v) is 7.69. The van der Waals surface area contributed by atoms with Crippen LogP contribution in [0, 0.1) is 0 Å². The van der Waals surface area contributed by atoms with Gasteiger partial charge >= 0.3 is 0 Å². The van der Waals surface area contributed by atoms with Crippen molar-refractivity contribution in [3.63, 3.8) is 0 Å². The van der Waals surface area contributed by atoms with Gasteiger partial charge in [-0.1, -0.05) is 181 Å². The lowest BCUT2D eigenvalue weighted by Crippen LogP contribution is -2.29. The van der Waals surface area contributed by atoms with Crippen molar-refractivity contribution in [3.05, 3.63) is 0 Å². The summed E-state index contributed by atoms with van der Waals surface area (Å²) in [7, 11) is 0. The first-order valence-corrected chi connectivity index (χ1v) is 16.2. The summed E-state index contributed by atoms with van der Waals surface area (Å²) in [5.74, 6) is 0. The largest absolute Gasteiger partial charge is 0.381 e. The summed E-state index contributed by atoms with van der Waals surface area (Å²) >= 11 is 0. The van der Waals surface area contributed by atoms with Crippen molar-refractivity contribution in [2.45, 2.75) is 200 Å². The molecular weight excluding hydrogens is 414 g/mol. The van der Waals surface area contributed by atoms with Gasteiger partial charge in [-0.05, 0) is 12.8 Å². The summed E-state index contributed by atoms with van der Waals surface area (Å²) in [5, 5.41) is 12.7. The van der Waals surface area contributed by atoms with Gasteiger partial charge in [0.2, 0.25) is 0 Å². The highest BCUT2D eigenvalue weighted by molar-refractivity contribution is 4.66. The van der Waals surface area contributed by atoms with Gasteiger partial charge in [-0.2, -0.15) is 0 Å². The van der Waals surface area contributed by atoms with Gasteiger partial charge in [0.05, 0.1) is 6.73 Å². The summed E-state index contributed by atoms with van der Waals surface area (Å²) in [6, 6.07) is 0.533. The Balaban J connectivity index is 3.38. The van der Waals surface area contributed by atoms with Crippen molar-refractivity contribution < 1.29 is 5.11 Å². The lowest BCUT2D eigenvalue weighted by molar-refractivity contribution is 0.229. The zero-order valence-corrected chi connectivity index (χ0v) is 24.0. The van der Waals surface area contributed by atoms with Crippen LogP contribution in [-0.4, -0.2) is 17.9 Å². The molecule has 2 heteroatoms. The molecule has 206 valence electrons. The maximum atomic E-state index is 9.33. The second-order valence-electron chi connectivity index (χ2n) is 11.1. The summed E-state index contributed by atoms with van der Waals surface area (Å²) in [4.78, 5) is 0. The number of aliphatic hydroxyl groups excluding tert-OH is 1. The molecule has 0 aliphatic heterocycles. The highest BCUT2D eigenvalue weighted by Gasteiger charge is 2.07. The van der Waals surface area contributed by atoms with Crippen LogP contribution < -0.4 is 5.32 Å². The molecule has 0 aromatic rings. The van der Waals surface area contributed by atoms with Gasteiger partial charge < -0.3 is 5.11 Å². The van der Waals surface area contributed by atoms with E-state index in [1.54, 1.807) is 0 Å². The van der Waals surface area contributed by atoms with Gasteiger partial charge in [0.15, 0.2) is 0 Å². The topological polar surface area (TPSA) is 32.3 Å². The first-order chi connectivity index (χ1) is 16.8. The highest BCUT2D eigenvalue weighted by atomic mass is 16.3. The monoisotopic (exact) mass is 482 g/mol. The predicted octanol–water partition coefficient (Wildman–Crippen LogP) is 10.9. The molecule has 0 unspecified atom stereocenters. The number of hydrogen-bond acceptors (Lipinski definition) is 2. The molecule has 0 aliphatic rings. The van der Waals surface area contributed by atoms with Crippen molar-refractivity contribution in [1.82, 2.24) is 5.32 Å². The molecule has 0 amide bonds. The van der Waals surface area contributed by atoms with E-state index >= 15 is 0 Å². The Bertz CT molecular complexity index is 316. The van der Waals surface area contributed by atoms with Crippen LogP contribution in [0.2, 0.25) is 0 Å². The molecule has 0 aliphatic carbocycles. The van der Waals surface area contributed by atoms with E-state index in [9.17, 15) is 5.11 Å². The van der Waals surface area contributed by atoms with E-state index < -0.39 is 0 Å². The quantitative estimate of drug-likeness (QED) is 0.0789. The second-order valence-corrected chi connectivity index (χ2v) is 11.1. The third-order valence-electron chi connectivity index (χ3n) is 7.69. The van der Waals surface area contributed by atoms with E-state index in [1.807, 2.05) is 0 Å². The van der Waals surface area contributed by atoms with E-state index in [2.05, 4.69) is 19.2 Å². The molecule has 34 heavy (non-hydrogen) atoms. The molecule has 0 atom stereocenters. The lowest BCUT2D eigenvalue weighted by atomic mass is 9.99. The number of unbranched alkanes of at least 4 members (excludes halogenated alkanes) is 24. The minimum absolute atomic E-state index is 0.140. The summed E-state index contributed by atoms with van der Waals surface area (Å²) in [6.07, 6.45) is 39.4. The van der Waals surface area contributed by atoms with Crippen molar-refractivity contribution in [1.29, 1.82) is 0 Å². The van der Waals surface area contributed by atoms with E-state index in [-0.39, 0.29) is 6.73 Å². The standard InChI is InChI=1S/C32H67NO/c1-3-5-7-9-11-13-15-17-19-21-23-25-27-29-32(33-31-34)30-28-26-24-22-20-18-16-14-12-10-8-6-4-2/h32-34H,3-31H2,1-2H3. The molecule has 0 rings (SSSR count). The van der Waals surface area contributed by atoms with Crippen molar-refractivity contribution in [3.8, 4) is 0 Å². The fraction of sp³-hybridized carbons (Fsp3) is 1.00. The Kier molecular flexibility index (Phi) is 30.9. The van der Waals surface area contributed by atoms with Crippen LogP contribution in [-0.2, 0) is 0 Å². The molecule has 0 bridgehead atoms. The Morgan fingerprint density at radius 3 is 0.853 bits per heavy atom. The molecule has 2 nitrogen and oxygen atoms in total. The van der Waals surface area contributed by atoms with Gasteiger partial charge in [-0.25, -0.2) is 0 Å². The zero-order valence-electron chi connectivity index (χ0n) is 24.0. The van der Waals surface area contributed by atoms with Gasteiger partial charge in [0, 0.05) is 6.04 Å². The number of nitrogens with one attached hydrogen (secondary N) is 1. The Labute approximate surface area is 216 Å². The van der Waals surface area contributed by atoms with Gasteiger partial charge in [-0.15, -0.1) is 0 Å². The molecule has 0 aromatic heterocycles. The first-order valence-electron chi connectivity index (χ1n) is 16.2. The average molecular weight is 482 g/mol. The fourth-order valence-electron chi connectivity index (χ4n) is 5.29. The maximum Gasteiger partial charge on any atom is 0.0933 e. The molecule has 0 saturated carbocycles. The predicted molar refractivity (Wildman–Crippen MR) is 155 cm³/mol. The minimum atomic E-state index is 0.140. The number of aliphatic hydroxyl groups is 1. The van der Waals surface area contributed by atoms with Crippen LogP contribution in [0.1, 0.15) is 194 Å². The molecule has 0 spiro atoms. The number of rotatable bonds is 30. The van der Waals surface area contributed by atoms with Crippen LogP contribution in [0.25, 0.3) is 0 Å². The smallest absolute Gasteiger partial charge is 0.0933 e. The van der Waals surface area contributed by atoms with Gasteiger partial charge in [-0.3, -0.25) is 5.32 Å². The van der Waals surface area contributed by atoms with E-state index in [4.69, 9.17) is 0 Å². The lowest BCUT2D eigenvalue weighted by Gasteiger charge is -2.17. The van der Waals surface area contributed by atoms with Crippen molar-refractivity contribution in [2.24, 2.45) is 0 Å². The normalized spacial score (nSPS) is 11.6. The summed E-state index contributed by atoms with van der Waals surface area (Å²) in [5.41, 5.74) is 0. The SMILES string of the molecule is CCCCCCCCCCCCCCCC(CCCCCCCCCCCCCCC)NCO. The molecule has 0 radical (unpaired) electrons. The van der Waals surface area contributed by atoms with Crippen LogP contribution in [0.5, 0.6) is 0 Å². The first kappa shape index (κ1) is 33.9. The fourth-order valence-corrected chi connectivity index (χ4v) is 5.29. The molecule has 0 aromatic carbocycles. The van der Waals surface area contributed by atoms with Crippen molar-refractivity contribution >= 4 is 0 Å². The van der Waals surface area contributed by atoms with Crippen molar-refractivity contribution in [2.75, 3.05) is 6.73 Å². The highest BCUT2D eigenvalue weighted by Crippen LogP contribution is 2.16. The van der Waals surface area contributed by atoms with Crippen LogP contribution >= 0.6 is 0 Å². The summed E-state index contributed by atoms with van der Waals surface area (Å²) < 4.78 is 0. The van der Waals surface area contributed by atoms with Crippen LogP contribution in [0.15, 0.2) is 0 Å². The Hall–Kier alpha value is -0.0800. The second kappa shape index (κ2) is 31.0. The minimum Gasteiger partial charge on any atom is -0.381 e. The zero-order chi connectivity index (χ0) is 24.8. The van der Waals surface area contributed by atoms with Crippen LogP contribution in [0.3, 0.4) is 0 Å². The Morgan fingerprint density at radius 2 is 0.618 bits per heavy atom. The van der Waals surface area contributed by atoms with Crippen LogP contribution in [0.4, 0.5) is 0 Å². The molecular formula is C32H67NO. The van der Waals surface area contributed by atoms with E-state index in [0.29, 0.717) is 6.04 Å². The molecule has 0 saturated heterocycles. The van der Waals surface area contributed by atoms with E-state index in [1.165, 1.54) is 180 Å². The maximum absolute atomic E-state index is 9.33. The number of hydrogen-bond donors (Lipinski definition) is 2. The summed E-state index contributed by atoms with van der Waals surface area (Å²) in [6.45, 7) is 4.73. The molecule has 2 N–H and O–H groups in total. The molecule has 0 fully saturated rings. The van der Waals surface area contributed by atoms with Gasteiger partial charge in [0.25, 0.3) is 0 Å². The van der Waals surface area contributed by atoms with Gasteiger partial charge in [0.1, 0.15) is 0 Å². The van der Waals surface area contributed by atoms with E-state index in [0.717, 1.165) is 0 Å².